The van der Waals surface area contributed by atoms with Crippen LogP contribution in [-0.4, -0.2) is 148 Å². The minimum Gasteiger partial charge on any atom is -0.508 e. The van der Waals surface area contributed by atoms with Gasteiger partial charge in [-0.2, -0.15) is 0 Å². The van der Waals surface area contributed by atoms with Crippen molar-refractivity contribution in [2.24, 2.45) is 0 Å². The first-order valence-corrected chi connectivity index (χ1v) is 43.4. The fraction of sp³-hybridized carbons (Fsp3) is 0.236. The number of carbonyl (C=O) groups is 1. The summed E-state index contributed by atoms with van der Waals surface area (Å²) in [4.78, 5) is 23.5. The highest BCUT2D eigenvalue weighted by Crippen LogP contribution is 2.43. The Morgan fingerprint density at radius 2 is 0.767 bits per heavy atom. The van der Waals surface area contributed by atoms with E-state index in [-0.39, 0.29) is 17.3 Å². The lowest BCUT2D eigenvalue weighted by molar-refractivity contribution is 0.104. The van der Waals surface area contributed by atoms with E-state index in [1.54, 1.807) is 42.5 Å². The van der Waals surface area contributed by atoms with Crippen molar-refractivity contribution < 1.29 is 34.0 Å². The Labute approximate surface area is 725 Å². The van der Waals surface area contributed by atoms with Crippen LogP contribution < -0.4 is 18.9 Å². The molecule has 0 amide bonds. The maximum absolute atomic E-state index is 13.6. The summed E-state index contributed by atoms with van der Waals surface area (Å²) in [5, 5.41) is 21.2. The van der Waals surface area contributed by atoms with Crippen LogP contribution in [0.3, 0.4) is 0 Å². The molecule has 12 aromatic carbocycles. The van der Waals surface area contributed by atoms with Crippen LogP contribution in [0.5, 0.6) is 34.5 Å². The molecule has 0 unspecified atom stereocenters. The number of likely N-dealkylation sites (N-methyl/N-ethyl adjacent to an activating group) is 3. The van der Waals surface area contributed by atoms with E-state index < -0.39 is 0 Å². The molecule has 1 fully saturated rings. The third-order valence-electron chi connectivity index (χ3n) is 20.9. The van der Waals surface area contributed by atoms with Crippen LogP contribution in [0.15, 0.2) is 322 Å². The number of rotatable bonds is 33. The molecule has 13 aromatic rings. The molecule has 11 nitrogen and oxygen atoms in total. The Morgan fingerprint density at radius 1 is 0.400 bits per heavy atom. The third-order valence-corrected chi connectivity index (χ3v) is 22.7. The number of ketones is 1. The molecule has 1 aliphatic heterocycles. The molecule has 120 heavy (non-hydrogen) atoms. The monoisotopic (exact) mass is 1650 g/mol. The Morgan fingerprint density at radius 3 is 1.19 bits per heavy atom. The number of phenols is 2. The van der Waals surface area contributed by atoms with Crippen LogP contribution >= 0.6 is 34.5 Å². The number of nitrogens with zero attached hydrogens (tertiary/aromatic N) is 4. The first-order chi connectivity index (χ1) is 58.7. The minimum absolute atomic E-state index is 0.0834. The molecule has 0 aliphatic carbocycles. The highest BCUT2D eigenvalue weighted by Gasteiger charge is 2.24. The van der Waals surface area contributed by atoms with E-state index in [1.165, 1.54) is 86.3 Å². The highest BCUT2D eigenvalue weighted by molar-refractivity contribution is 7.22. The lowest BCUT2D eigenvalue weighted by Crippen LogP contribution is -2.33. The lowest BCUT2D eigenvalue weighted by Gasteiger charge is -2.26. The Kier molecular flexibility index (Phi) is 35.4. The summed E-state index contributed by atoms with van der Waals surface area (Å²) < 4.78 is 24.4. The van der Waals surface area contributed by atoms with Crippen molar-refractivity contribution in [3.05, 3.63) is 383 Å². The Bertz CT molecular complexity index is 5320. The molecule has 0 spiro atoms. The van der Waals surface area contributed by atoms with Gasteiger partial charge in [-0.3, -0.25) is 9.69 Å². The third kappa shape index (κ3) is 26.4. The van der Waals surface area contributed by atoms with Crippen LogP contribution in [0.4, 0.5) is 0 Å². The fourth-order valence-electron chi connectivity index (χ4n) is 14.4. The van der Waals surface area contributed by atoms with E-state index in [2.05, 4.69) is 236 Å². The number of halogens is 2. The van der Waals surface area contributed by atoms with Crippen molar-refractivity contribution in [1.82, 2.24) is 19.6 Å². The van der Waals surface area contributed by atoms with Gasteiger partial charge >= 0.3 is 0 Å². The number of alkyl halides is 1. The molecule has 14 rings (SSSR count). The van der Waals surface area contributed by atoms with Gasteiger partial charge in [0.25, 0.3) is 0 Å². The molecule has 0 saturated carbocycles. The first-order valence-electron chi connectivity index (χ1n) is 41.7. The van der Waals surface area contributed by atoms with Gasteiger partial charge in [0, 0.05) is 63.7 Å². The van der Waals surface area contributed by atoms with Crippen LogP contribution in [0.1, 0.15) is 119 Å². The lowest BCUT2D eigenvalue weighted by atomic mass is 9.88. The van der Waals surface area contributed by atoms with Crippen molar-refractivity contribution in [1.29, 1.82) is 0 Å². The zero-order valence-corrected chi connectivity index (χ0v) is 72.5. The van der Waals surface area contributed by atoms with Crippen molar-refractivity contribution in [2.45, 2.75) is 52.9 Å². The minimum atomic E-state index is -0.0834. The number of allylic oxidation sites excluding steroid dienone is 2. The molecule has 1 aromatic heterocycles. The molecule has 0 bridgehead atoms. The second kappa shape index (κ2) is 47.5. The topological polar surface area (TPSA) is 107 Å². The number of hydrogen-bond acceptors (Lipinski definition) is 12. The van der Waals surface area contributed by atoms with Gasteiger partial charge < -0.3 is 43.9 Å². The predicted molar refractivity (Wildman–Crippen MR) is 505 cm³/mol. The first kappa shape index (κ1) is 89.5. The molecular formula is C106H112Cl2N4O7S. The van der Waals surface area contributed by atoms with E-state index in [0.29, 0.717) is 43.4 Å². The highest BCUT2D eigenvalue weighted by atomic mass is 35.5. The van der Waals surface area contributed by atoms with Gasteiger partial charge in [0.1, 0.15) is 60.9 Å². The molecule has 0 radical (unpaired) electrons. The summed E-state index contributed by atoms with van der Waals surface area (Å²) in [6, 6.07) is 107. The zero-order valence-electron chi connectivity index (χ0n) is 70.2. The van der Waals surface area contributed by atoms with Crippen molar-refractivity contribution in [3.63, 3.8) is 0 Å². The van der Waals surface area contributed by atoms with Gasteiger partial charge in [0.2, 0.25) is 0 Å². The SMILES string of the molecule is CC/C(=C(\c1ccccc1)c1ccc(OCCN(C)C)cc1)c1ccccc1.CCN(CC)CCOc1ccc(/C(=C(/Cl)c2ccccc2)c2ccccc2)cc1.CN(C)CCOc1ccc(/C(=C(/CCCl)c2ccccc2)c2ccccc2)cc1.O=C(c1ccc(OCCN2CCCCC2)cc1)c1c(-c2ccc(O)cc2)sc2cc(O)ccc12. The van der Waals surface area contributed by atoms with Crippen molar-refractivity contribution in [3.8, 4) is 44.9 Å². The summed E-state index contributed by atoms with van der Waals surface area (Å²) in [5.74, 6) is 4.27. The average molecular weight is 1660 g/mol. The van der Waals surface area contributed by atoms with Crippen LogP contribution in [0.2, 0.25) is 0 Å². The molecular weight excluding hydrogens is 1540 g/mol. The fourth-order valence-corrected chi connectivity index (χ4v) is 16.2. The van der Waals surface area contributed by atoms with Gasteiger partial charge in [-0.1, -0.05) is 257 Å². The second-order valence-electron chi connectivity index (χ2n) is 29.8. The van der Waals surface area contributed by atoms with Gasteiger partial charge in [0.05, 0.1) is 5.03 Å². The molecule has 14 heteroatoms. The molecule has 2 heterocycles. The average Bonchev–Trinajstić information content (AvgIpc) is 1.62. The summed E-state index contributed by atoms with van der Waals surface area (Å²) in [5.41, 5.74) is 18.6. The second-order valence-corrected chi connectivity index (χ2v) is 31.6. The molecule has 1 aliphatic rings. The Hall–Kier alpha value is -11.3. The summed E-state index contributed by atoms with van der Waals surface area (Å²) in [6.45, 7) is 17.3. The number of likely N-dealkylation sites (tertiary alicyclic amines) is 1. The number of piperidine rings is 1. The Balaban J connectivity index is 0.000000157. The molecule has 618 valence electrons. The van der Waals surface area contributed by atoms with E-state index in [9.17, 15) is 15.0 Å². The van der Waals surface area contributed by atoms with Crippen LogP contribution in [0.25, 0.3) is 53.4 Å². The summed E-state index contributed by atoms with van der Waals surface area (Å²) >= 11 is 14.5. The molecule has 0 atom stereocenters. The number of benzene rings is 12. The number of hydrogen-bond donors (Lipinski definition) is 2. The standard InChI is InChI=1S/C28H27NO4S.2C26H28ClNO.C26H29NO/c30-21-8-4-20(5-9-21)28-26(24-13-10-22(31)18-25(24)34-28)27(32)19-6-11-23(12-7-19)33-17-16-29-14-2-1-3-15-29;1-28(2)19-20-29-24-15-13-23(14-16-24)26(22-11-7-4-8-12-22)25(17-18-27)21-9-5-3-6-10-21;1-3-28(4-2)19-20-29-24-17-15-22(16-18-24)25(21-11-7-5-8-12-21)26(27)23-13-9-6-10-14-23;1-4-25(21-11-7-5-8-12-21)26(22-13-9-6-10-14-22)23-15-17-24(18-16-23)28-20-19-27(2)3/h4-13,18,30-31H,1-3,14-17H2;3-16H,17-20H2,1-2H3;5-18H,3-4,19-20H2,1-2H3;5-18H,4,19-20H2,1-3H3/b;26-25-;26-25+;26-25-. The summed E-state index contributed by atoms with van der Waals surface area (Å²) in [6.07, 6.45) is 5.62. The van der Waals surface area contributed by atoms with Crippen LogP contribution in [0, 0.1) is 0 Å². The van der Waals surface area contributed by atoms with E-state index in [1.807, 2.05) is 111 Å². The zero-order chi connectivity index (χ0) is 84.2. The maximum Gasteiger partial charge on any atom is 0.195 e. The number of thiophene rings is 1. The number of fused-ring (bicyclic) bond motifs is 1. The number of carbonyl (C=O) groups excluding carboxylic acids is 1. The normalized spacial score (nSPS) is 12.7. The summed E-state index contributed by atoms with van der Waals surface area (Å²) in [7, 11) is 8.20. The number of ether oxygens (including phenoxy) is 4. The smallest absolute Gasteiger partial charge is 0.195 e. The van der Waals surface area contributed by atoms with Crippen molar-refractivity contribution >= 4 is 83.3 Å². The quantitative estimate of drug-likeness (QED) is 0.0233. The van der Waals surface area contributed by atoms with E-state index >= 15 is 0 Å². The van der Waals surface area contributed by atoms with E-state index in [4.69, 9.17) is 42.1 Å². The molecule has 2 N–H and O–H groups in total. The predicted octanol–water partition coefficient (Wildman–Crippen LogP) is 24.8. The number of aromatic hydroxyl groups is 2. The molecule has 1 saturated heterocycles. The van der Waals surface area contributed by atoms with Crippen molar-refractivity contribution in [2.75, 3.05) is 113 Å². The van der Waals surface area contributed by atoms with Gasteiger partial charge in [-0.05, 0) is 261 Å². The van der Waals surface area contributed by atoms with Gasteiger partial charge in [-0.25, -0.2) is 0 Å². The van der Waals surface area contributed by atoms with Gasteiger partial charge in [-0.15, -0.1) is 22.9 Å². The van der Waals surface area contributed by atoms with E-state index in [0.717, 1.165) is 136 Å². The maximum atomic E-state index is 13.6. The largest absolute Gasteiger partial charge is 0.508 e. The van der Waals surface area contributed by atoms with Crippen LogP contribution in [-0.2, 0) is 0 Å². The van der Waals surface area contributed by atoms with Gasteiger partial charge in [0.15, 0.2) is 5.78 Å². The number of phenolic OH excluding ortho intramolecular Hbond substituents is 2.